The van der Waals surface area contributed by atoms with E-state index in [2.05, 4.69) is 30.9 Å². The Labute approximate surface area is 167 Å². The van der Waals surface area contributed by atoms with E-state index in [0.717, 1.165) is 22.0 Å². The van der Waals surface area contributed by atoms with Gasteiger partial charge in [-0.25, -0.2) is 15.0 Å². The van der Waals surface area contributed by atoms with E-state index in [0.29, 0.717) is 30.1 Å². The van der Waals surface area contributed by atoms with Crippen LogP contribution in [0.5, 0.6) is 0 Å². The molecule has 7 nitrogen and oxygen atoms in total. The molecule has 9 heteroatoms. The molecule has 27 heavy (non-hydrogen) atoms. The number of aliphatic imine (C=N–C) groups is 1. The number of thiocarbonyl (C=S) groups is 1. The first-order valence-corrected chi connectivity index (χ1v) is 9.60. The number of rotatable bonds is 5. The van der Waals surface area contributed by atoms with Crippen molar-refractivity contribution >= 4 is 40.6 Å². The number of nitrogens with zero attached hydrogens (tertiary/aromatic N) is 3. The third kappa shape index (κ3) is 6.15. The number of nitrogens with one attached hydrogen (secondary N) is 3. The highest BCUT2D eigenvalue weighted by molar-refractivity contribution is 7.80. The summed E-state index contributed by atoms with van der Waals surface area (Å²) in [4.78, 5) is 14.5. The molecule has 0 fully saturated rings. The highest BCUT2D eigenvalue weighted by Crippen LogP contribution is 2.10. The minimum atomic E-state index is 0.424. The zero-order chi connectivity index (χ0) is 19.1. The molecular weight excluding hydrogens is 380 g/mol. The van der Waals surface area contributed by atoms with Crippen molar-refractivity contribution in [2.24, 2.45) is 4.99 Å². The molecule has 0 saturated carbocycles. The van der Waals surface area contributed by atoms with Crippen LogP contribution in [-0.2, 0) is 13.1 Å². The van der Waals surface area contributed by atoms with Gasteiger partial charge in [0, 0.05) is 16.3 Å². The van der Waals surface area contributed by atoms with E-state index in [-0.39, 0.29) is 0 Å². The van der Waals surface area contributed by atoms with Gasteiger partial charge in [0.15, 0.2) is 5.11 Å². The van der Waals surface area contributed by atoms with Gasteiger partial charge < -0.3 is 15.1 Å². The van der Waals surface area contributed by atoms with Gasteiger partial charge in [0.1, 0.15) is 5.76 Å². The summed E-state index contributed by atoms with van der Waals surface area (Å²) in [5.74, 6) is 1.74. The van der Waals surface area contributed by atoms with Crippen molar-refractivity contribution in [2.45, 2.75) is 26.9 Å². The van der Waals surface area contributed by atoms with Gasteiger partial charge in [0.25, 0.3) is 0 Å². The van der Waals surface area contributed by atoms with Crippen LogP contribution in [0.2, 0.25) is 0 Å². The van der Waals surface area contributed by atoms with Crippen molar-refractivity contribution in [3.8, 4) is 0 Å². The number of furan rings is 1. The second kappa shape index (κ2) is 9.24. The maximum absolute atomic E-state index is 5.36. The second-order valence-corrected chi connectivity index (χ2v) is 7.17. The molecule has 3 aromatic rings. The van der Waals surface area contributed by atoms with Gasteiger partial charge in [0.05, 0.1) is 19.4 Å². The molecule has 0 spiro atoms. The van der Waals surface area contributed by atoms with Crippen LogP contribution in [0.1, 0.15) is 22.0 Å². The molecule has 3 aromatic heterocycles. The summed E-state index contributed by atoms with van der Waals surface area (Å²) in [5, 5.41) is 11.7. The quantitative estimate of drug-likeness (QED) is 0.344. The maximum atomic E-state index is 5.36. The predicted molar refractivity (Wildman–Crippen MR) is 112 cm³/mol. The Bertz CT molecular complexity index is 886. The van der Waals surface area contributed by atoms with Gasteiger partial charge in [-0.3, -0.25) is 5.32 Å². The molecule has 3 rings (SSSR count). The van der Waals surface area contributed by atoms with Crippen molar-refractivity contribution in [2.75, 3.05) is 5.32 Å². The molecule has 0 unspecified atom stereocenters. The zero-order valence-corrected chi connectivity index (χ0v) is 16.7. The largest absolute Gasteiger partial charge is 0.467 e. The summed E-state index contributed by atoms with van der Waals surface area (Å²) < 4.78 is 5.29. The smallest absolute Gasteiger partial charge is 0.229 e. The van der Waals surface area contributed by atoms with Crippen molar-refractivity contribution in [3.63, 3.8) is 0 Å². The van der Waals surface area contributed by atoms with Crippen LogP contribution in [0.3, 0.4) is 0 Å². The van der Waals surface area contributed by atoms with Gasteiger partial charge in [-0.05, 0) is 55.7 Å². The molecular formula is C18H20N6OS2. The van der Waals surface area contributed by atoms with Crippen molar-refractivity contribution < 1.29 is 4.42 Å². The number of hydrogen-bond acceptors (Lipinski definition) is 6. The van der Waals surface area contributed by atoms with E-state index in [1.54, 1.807) is 17.6 Å². The van der Waals surface area contributed by atoms with Gasteiger partial charge >= 0.3 is 0 Å². The number of anilines is 1. The lowest BCUT2D eigenvalue weighted by Gasteiger charge is -2.13. The summed E-state index contributed by atoms with van der Waals surface area (Å²) in [5.41, 5.74) is 1.75. The molecule has 3 N–H and O–H groups in total. The number of thiophene rings is 1. The lowest BCUT2D eigenvalue weighted by atomic mass is 10.4. The summed E-state index contributed by atoms with van der Waals surface area (Å²) in [7, 11) is 0. The predicted octanol–water partition coefficient (Wildman–Crippen LogP) is 3.38. The van der Waals surface area contributed by atoms with E-state index in [4.69, 9.17) is 16.6 Å². The zero-order valence-electron chi connectivity index (χ0n) is 15.0. The van der Waals surface area contributed by atoms with E-state index < -0.39 is 0 Å². The van der Waals surface area contributed by atoms with Crippen molar-refractivity contribution in [3.05, 3.63) is 64.0 Å². The average Bonchev–Trinajstić information content (AvgIpc) is 3.31. The van der Waals surface area contributed by atoms with E-state index in [9.17, 15) is 0 Å². The number of hydrogen-bond donors (Lipinski definition) is 3. The molecule has 0 aliphatic rings. The Morgan fingerprint density at radius 2 is 2.04 bits per heavy atom. The van der Waals surface area contributed by atoms with Gasteiger partial charge in [-0.1, -0.05) is 6.07 Å². The fourth-order valence-electron chi connectivity index (χ4n) is 2.29. The normalized spacial score (nSPS) is 11.3. The molecule has 0 amide bonds. The Morgan fingerprint density at radius 1 is 1.22 bits per heavy atom. The van der Waals surface area contributed by atoms with Crippen molar-refractivity contribution in [1.82, 2.24) is 20.6 Å². The van der Waals surface area contributed by atoms with E-state index in [1.807, 2.05) is 49.6 Å². The topological polar surface area (TPSA) is 87.4 Å². The molecule has 0 radical (unpaired) electrons. The first-order chi connectivity index (χ1) is 13.1. The Morgan fingerprint density at radius 3 is 2.70 bits per heavy atom. The second-order valence-electron chi connectivity index (χ2n) is 5.73. The van der Waals surface area contributed by atoms with Crippen LogP contribution >= 0.6 is 23.6 Å². The molecule has 0 aliphatic heterocycles. The molecule has 140 valence electrons. The monoisotopic (exact) mass is 400 g/mol. The lowest BCUT2D eigenvalue weighted by molar-refractivity contribution is 0.503. The van der Waals surface area contributed by atoms with Crippen LogP contribution in [0, 0.1) is 13.8 Å². The fraction of sp³-hybridized carbons (Fsp3) is 0.222. The van der Waals surface area contributed by atoms with E-state index in [1.165, 1.54) is 0 Å². The van der Waals surface area contributed by atoms with Crippen LogP contribution in [-0.4, -0.2) is 21.0 Å². The number of guanidine groups is 1. The lowest BCUT2D eigenvalue weighted by Crippen LogP contribution is -2.42. The Balaban J connectivity index is 1.68. The SMILES string of the molecule is Cc1cc(C)nc(NC(=NCc2cccs2)NC(=S)NCc2ccco2)n1. The summed E-state index contributed by atoms with van der Waals surface area (Å²) >= 11 is 7.01. The highest BCUT2D eigenvalue weighted by Gasteiger charge is 2.07. The van der Waals surface area contributed by atoms with E-state index >= 15 is 0 Å². The summed E-state index contributed by atoms with van der Waals surface area (Å²) in [6.45, 7) is 4.85. The Hall–Kier alpha value is -2.78. The average molecular weight is 401 g/mol. The highest BCUT2D eigenvalue weighted by atomic mass is 32.1. The van der Waals surface area contributed by atoms with Gasteiger partial charge in [-0.15, -0.1) is 11.3 Å². The first kappa shape index (κ1) is 19.0. The van der Waals surface area contributed by atoms with Crippen LogP contribution in [0.25, 0.3) is 0 Å². The van der Waals surface area contributed by atoms with Gasteiger partial charge in [0.2, 0.25) is 11.9 Å². The van der Waals surface area contributed by atoms with Gasteiger partial charge in [-0.2, -0.15) is 0 Å². The molecule has 0 saturated heterocycles. The third-order valence-corrected chi connectivity index (χ3v) is 4.53. The van der Waals surface area contributed by atoms with Crippen LogP contribution in [0.4, 0.5) is 5.95 Å². The minimum Gasteiger partial charge on any atom is -0.467 e. The number of aryl methyl sites for hydroxylation is 2. The minimum absolute atomic E-state index is 0.424. The maximum Gasteiger partial charge on any atom is 0.229 e. The fourth-order valence-corrected chi connectivity index (χ4v) is 3.09. The molecule has 0 atom stereocenters. The summed E-state index contributed by atoms with van der Waals surface area (Å²) in [6, 6.07) is 9.66. The number of aromatic nitrogens is 2. The van der Waals surface area contributed by atoms with Crippen molar-refractivity contribution in [1.29, 1.82) is 0 Å². The first-order valence-electron chi connectivity index (χ1n) is 8.32. The standard InChI is InChI=1S/C18H20N6OS2/c1-12-9-13(2)22-17(21-12)23-16(19-11-15-6-4-8-27-15)24-18(26)20-10-14-5-3-7-25-14/h3-9H,10-11H2,1-2H3,(H3,19,20,21,22,23,24,26). The molecule has 0 aromatic carbocycles. The molecule has 0 bridgehead atoms. The molecule has 3 heterocycles. The third-order valence-electron chi connectivity index (χ3n) is 3.42. The van der Waals surface area contributed by atoms with Crippen LogP contribution < -0.4 is 16.0 Å². The van der Waals surface area contributed by atoms with Crippen LogP contribution in [0.15, 0.2) is 51.4 Å². The summed E-state index contributed by atoms with van der Waals surface area (Å²) in [6.07, 6.45) is 1.63. The Kier molecular flexibility index (Phi) is 6.50. The molecule has 0 aliphatic carbocycles.